The summed E-state index contributed by atoms with van der Waals surface area (Å²) in [4.78, 5) is 7.80. The van der Waals surface area contributed by atoms with Gasteiger partial charge in [-0.2, -0.15) is 0 Å². The number of aromatic nitrogens is 2. The van der Waals surface area contributed by atoms with E-state index in [2.05, 4.69) is 31.2 Å². The van der Waals surface area contributed by atoms with Gasteiger partial charge in [0.05, 0.1) is 0 Å². The summed E-state index contributed by atoms with van der Waals surface area (Å²) >= 11 is 8.88. The molecule has 0 bridgehead atoms. The van der Waals surface area contributed by atoms with Crippen molar-refractivity contribution in [2.24, 2.45) is 0 Å². The predicted molar refractivity (Wildman–Crippen MR) is 61.8 cm³/mol. The standard InChI is InChI=1S/C9H6BrClFN3/c1-13-8-5-2-4(10)3-6(12)7(5)14-9(11)15-8/h2-3H,1H3,(H,13,14,15). The average Bonchev–Trinajstić information content (AvgIpc) is 2.18. The van der Waals surface area contributed by atoms with Crippen molar-refractivity contribution >= 4 is 44.3 Å². The fourth-order valence-corrected chi connectivity index (χ4v) is 1.92. The fraction of sp³-hybridized carbons (Fsp3) is 0.111. The summed E-state index contributed by atoms with van der Waals surface area (Å²) in [5.74, 6) is 0.0744. The number of rotatable bonds is 1. The number of benzene rings is 1. The van der Waals surface area contributed by atoms with Crippen LogP contribution >= 0.6 is 27.5 Å². The molecule has 0 aliphatic heterocycles. The molecular formula is C9H6BrClFN3. The smallest absolute Gasteiger partial charge is 0.225 e. The second-order valence-electron chi connectivity index (χ2n) is 2.88. The molecule has 78 valence electrons. The Morgan fingerprint density at radius 2 is 2.13 bits per heavy atom. The third kappa shape index (κ3) is 1.89. The minimum absolute atomic E-state index is 0.0214. The van der Waals surface area contributed by atoms with E-state index in [1.807, 2.05) is 0 Å². The molecule has 0 aliphatic rings. The molecule has 2 aromatic rings. The van der Waals surface area contributed by atoms with Crippen LogP contribution in [0.2, 0.25) is 5.28 Å². The zero-order valence-electron chi connectivity index (χ0n) is 7.68. The van der Waals surface area contributed by atoms with Crippen LogP contribution in [-0.2, 0) is 0 Å². The van der Waals surface area contributed by atoms with Gasteiger partial charge in [-0.05, 0) is 23.7 Å². The lowest BCUT2D eigenvalue weighted by Crippen LogP contribution is -1.97. The molecule has 0 radical (unpaired) electrons. The largest absolute Gasteiger partial charge is 0.372 e. The first-order valence-electron chi connectivity index (χ1n) is 4.12. The van der Waals surface area contributed by atoms with E-state index in [1.54, 1.807) is 13.1 Å². The van der Waals surface area contributed by atoms with Gasteiger partial charge in [0.25, 0.3) is 0 Å². The molecule has 1 heterocycles. The van der Waals surface area contributed by atoms with E-state index >= 15 is 0 Å². The first kappa shape index (κ1) is 10.6. The summed E-state index contributed by atoms with van der Waals surface area (Å²) in [6.07, 6.45) is 0. The molecule has 0 unspecified atom stereocenters. The first-order chi connectivity index (χ1) is 7.11. The molecule has 6 heteroatoms. The quantitative estimate of drug-likeness (QED) is 0.820. The van der Waals surface area contributed by atoms with Gasteiger partial charge >= 0.3 is 0 Å². The van der Waals surface area contributed by atoms with Crippen LogP contribution in [0.15, 0.2) is 16.6 Å². The van der Waals surface area contributed by atoms with Crippen LogP contribution in [0.1, 0.15) is 0 Å². The summed E-state index contributed by atoms with van der Waals surface area (Å²) in [6, 6.07) is 3.08. The monoisotopic (exact) mass is 289 g/mol. The molecule has 0 atom stereocenters. The van der Waals surface area contributed by atoms with Gasteiger partial charge in [0.15, 0.2) is 5.82 Å². The highest BCUT2D eigenvalue weighted by Gasteiger charge is 2.10. The normalized spacial score (nSPS) is 10.7. The number of nitrogens with one attached hydrogen (secondary N) is 1. The lowest BCUT2D eigenvalue weighted by molar-refractivity contribution is 0.635. The molecule has 0 aliphatic carbocycles. The lowest BCUT2D eigenvalue weighted by Gasteiger charge is -2.06. The summed E-state index contributed by atoms with van der Waals surface area (Å²) < 4.78 is 14.2. The molecule has 2 rings (SSSR count). The van der Waals surface area contributed by atoms with Crippen LogP contribution in [0.3, 0.4) is 0 Å². The highest BCUT2D eigenvalue weighted by molar-refractivity contribution is 9.10. The van der Waals surface area contributed by atoms with Crippen molar-refractivity contribution in [2.45, 2.75) is 0 Å². The van der Waals surface area contributed by atoms with Gasteiger partial charge in [-0.1, -0.05) is 15.9 Å². The molecule has 0 saturated carbocycles. The molecule has 15 heavy (non-hydrogen) atoms. The summed E-state index contributed by atoms with van der Waals surface area (Å²) in [5.41, 5.74) is 0.211. The molecule has 3 nitrogen and oxygen atoms in total. The van der Waals surface area contributed by atoms with Gasteiger partial charge in [-0.25, -0.2) is 14.4 Å². The van der Waals surface area contributed by atoms with Crippen molar-refractivity contribution in [3.05, 3.63) is 27.7 Å². The van der Waals surface area contributed by atoms with Crippen LogP contribution in [0.5, 0.6) is 0 Å². The topological polar surface area (TPSA) is 37.8 Å². The van der Waals surface area contributed by atoms with Gasteiger partial charge < -0.3 is 5.32 Å². The Hall–Kier alpha value is -0.940. The predicted octanol–water partition coefficient (Wildman–Crippen LogP) is 3.23. The van der Waals surface area contributed by atoms with E-state index < -0.39 is 5.82 Å². The SMILES string of the molecule is CNc1nc(Cl)nc2c(F)cc(Br)cc12. The summed E-state index contributed by atoms with van der Waals surface area (Å²) in [7, 11) is 1.69. The molecule has 1 aromatic heterocycles. The molecule has 0 spiro atoms. The maximum Gasteiger partial charge on any atom is 0.225 e. The van der Waals surface area contributed by atoms with E-state index in [4.69, 9.17) is 11.6 Å². The van der Waals surface area contributed by atoms with Crippen LogP contribution in [0.4, 0.5) is 10.2 Å². The Balaban J connectivity index is 2.89. The van der Waals surface area contributed by atoms with E-state index in [0.29, 0.717) is 15.7 Å². The molecular weight excluding hydrogens is 284 g/mol. The highest BCUT2D eigenvalue weighted by Crippen LogP contribution is 2.27. The van der Waals surface area contributed by atoms with E-state index in [-0.39, 0.29) is 10.8 Å². The van der Waals surface area contributed by atoms with E-state index in [1.165, 1.54) is 6.07 Å². The van der Waals surface area contributed by atoms with Crippen LogP contribution < -0.4 is 5.32 Å². The molecule has 0 amide bonds. The number of nitrogens with zero attached hydrogens (tertiary/aromatic N) is 2. The molecule has 1 N–H and O–H groups in total. The number of hydrogen-bond donors (Lipinski definition) is 1. The van der Waals surface area contributed by atoms with Crippen molar-refractivity contribution in [1.82, 2.24) is 9.97 Å². The Kier molecular flexibility index (Phi) is 2.75. The number of hydrogen-bond acceptors (Lipinski definition) is 3. The maximum atomic E-state index is 13.5. The third-order valence-electron chi connectivity index (χ3n) is 1.93. The van der Waals surface area contributed by atoms with Gasteiger partial charge in [0.1, 0.15) is 11.3 Å². The van der Waals surface area contributed by atoms with Crippen molar-refractivity contribution in [3.8, 4) is 0 Å². The van der Waals surface area contributed by atoms with Crippen molar-refractivity contribution in [2.75, 3.05) is 12.4 Å². The Morgan fingerprint density at radius 3 is 2.80 bits per heavy atom. The van der Waals surface area contributed by atoms with Crippen LogP contribution in [0, 0.1) is 5.82 Å². The summed E-state index contributed by atoms with van der Waals surface area (Å²) in [5, 5.41) is 3.45. The van der Waals surface area contributed by atoms with Gasteiger partial charge in [-0.3, -0.25) is 0 Å². The van der Waals surface area contributed by atoms with Gasteiger partial charge in [0, 0.05) is 16.9 Å². The van der Waals surface area contributed by atoms with Gasteiger partial charge in [0.2, 0.25) is 5.28 Å². The van der Waals surface area contributed by atoms with Gasteiger partial charge in [-0.15, -0.1) is 0 Å². The Morgan fingerprint density at radius 1 is 1.40 bits per heavy atom. The zero-order chi connectivity index (χ0) is 11.0. The van der Waals surface area contributed by atoms with Crippen LogP contribution in [0.25, 0.3) is 10.9 Å². The second-order valence-corrected chi connectivity index (χ2v) is 4.13. The number of fused-ring (bicyclic) bond motifs is 1. The molecule has 0 fully saturated rings. The second kappa shape index (κ2) is 3.90. The molecule has 1 aromatic carbocycles. The van der Waals surface area contributed by atoms with Crippen molar-refractivity contribution in [3.63, 3.8) is 0 Å². The van der Waals surface area contributed by atoms with E-state index in [0.717, 1.165) is 0 Å². The van der Waals surface area contributed by atoms with E-state index in [9.17, 15) is 4.39 Å². The third-order valence-corrected chi connectivity index (χ3v) is 2.56. The van der Waals surface area contributed by atoms with Crippen molar-refractivity contribution < 1.29 is 4.39 Å². The zero-order valence-corrected chi connectivity index (χ0v) is 10.0. The van der Waals surface area contributed by atoms with Crippen LogP contribution in [-0.4, -0.2) is 17.0 Å². The number of halogens is 3. The summed E-state index contributed by atoms with van der Waals surface area (Å²) in [6.45, 7) is 0. The first-order valence-corrected chi connectivity index (χ1v) is 5.29. The lowest BCUT2D eigenvalue weighted by atomic mass is 10.2. The average molecular weight is 291 g/mol. The molecule has 0 saturated heterocycles. The Bertz CT molecular complexity index is 532. The maximum absolute atomic E-state index is 13.5. The minimum Gasteiger partial charge on any atom is -0.372 e. The number of anilines is 1. The fourth-order valence-electron chi connectivity index (χ4n) is 1.32. The minimum atomic E-state index is -0.430. The Labute approximate surface area is 98.8 Å². The highest BCUT2D eigenvalue weighted by atomic mass is 79.9. The van der Waals surface area contributed by atoms with Crippen molar-refractivity contribution in [1.29, 1.82) is 0 Å².